The Morgan fingerprint density at radius 1 is 1.24 bits per heavy atom. The number of anilines is 1. The van der Waals surface area contributed by atoms with Crippen LogP contribution in [0.4, 0.5) is 5.82 Å². The van der Waals surface area contributed by atoms with Crippen molar-refractivity contribution in [1.29, 1.82) is 0 Å². The van der Waals surface area contributed by atoms with Gasteiger partial charge in [-0.15, -0.1) is 0 Å². The van der Waals surface area contributed by atoms with E-state index in [4.69, 9.17) is 16.3 Å². The Hall–Kier alpha value is -3.19. The molecule has 0 atom stereocenters. The lowest BCUT2D eigenvalue weighted by molar-refractivity contribution is -0.104. The molecule has 1 aromatic carbocycles. The second kappa shape index (κ2) is 9.84. The molecule has 29 heavy (non-hydrogen) atoms. The molecule has 0 fully saturated rings. The quantitative estimate of drug-likeness (QED) is 0.324. The lowest BCUT2D eigenvalue weighted by Crippen LogP contribution is -2.10. The smallest absolute Gasteiger partial charge is 0.254 e. The summed E-state index contributed by atoms with van der Waals surface area (Å²) in [6.07, 6.45) is 7.29. The third-order valence-electron chi connectivity index (χ3n) is 4.25. The van der Waals surface area contributed by atoms with Gasteiger partial charge in [0.1, 0.15) is 23.0 Å². The highest BCUT2D eigenvalue weighted by molar-refractivity contribution is 6.29. The molecule has 3 aromatic rings. The van der Waals surface area contributed by atoms with Crippen LogP contribution < -0.4 is 10.1 Å². The molecule has 0 saturated heterocycles. The van der Waals surface area contributed by atoms with Gasteiger partial charge in [0.15, 0.2) is 0 Å². The Balaban J connectivity index is 1.85. The Kier molecular flexibility index (Phi) is 6.97. The summed E-state index contributed by atoms with van der Waals surface area (Å²) in [4.78, 5) is 19.6. The standard InChI is InChI=1S/C21H22ClN5O2/c1-3-5-18-16(6-4-11-28)14-24-27(18)21-25-19(22)12-20(26-21)23-13-15-7-9-17(29-2)10-8-15/h4,6-12,14H,3,5,13H2,1-2H3,(H,23,25,26)/b6-4+. The largest absolute Gasteiger partial charge is 0.497 e. The number of aromatic nitrogens is 4. The first-order chi connectivity index (χ1) is 14.1. The van der Waals surface area contributed by atoms with Crippen LogP contribution in [0.5, 0.6) is 5.75 Å². The van der Waals surface area contributed by atoms with Crippen LogP contribution in [0.1, 0.15) is 30.2 Å². The highest BCUT2D eigenvalue weighted by Crippen LogP contribution is 2.20. The van der Waals surface area contributed by atoms with E-state index in [1.54, 1.807) is 30.1 Å². The second-order valence-corrected chi connectivity index (χ2v) is 6.67. The van der Waals surface area contributed by atoms with Crippen LogP contribution in [0.15, 0.2) is 42.6 Å². The summed E-state index contributed by atoms with van der Waals surface area (Å²) in [7, 11) is 1.64. The number of allylic oxidation sites excluding steroid dienone is 1. The van der Waals surface area contributed by atoms with E-state index in [-0.39, 0.29) is 0 Å². The number of ether oxygens (including phenoxy) is 1. The molecule has 0 unspecified atom stereocenters. The third kappa shape index (κ3) is 5.20. The summed E-state index contributed by atoms with van der Waals surface area (Å²) in [5.74, 6) is 1.78. The Morgan fingerprint density at radius 2 is 2.03 bits per heavy atom. The van der Waals surface area contributed by atoms with Gasteiger partial charge in [0.25, 0.3) is 5.95 Å². The van der Waals surface area contributed by atoms with Crippen molar-refractivity contribution >= 4 is 29.8 Å². The van der Waals surface area contributed by atoms with Gasteiger partial charge in [-0.2, -0.15) is 15.1 Å². The normalized spacial score (nSPS) is 11.0. The molecule has 8 heteroatoms. The van der Waals surface area contributed by atoms with Crippen LogP contribution in [-0.2, 0) is 17.8 Å². The van der Waals surface area contributed by atoms with Crippen LogP contribution in [0, 0.1) is 0 Å². The molecule has 0 aliphatic heterocycles. The second-order valence-electron chi connectivity index (χ2n) is 6.28. The number of methoxy groups -OCH3 is 1. The number of hydrogen-bond acceptors (Lipinski definition) is 6. The summed E-state index contributed by atoms with van der Waals surface area (Å²) in [5.41, 5.74) is 2.86. The topological polar surface area (TPSA) is 81.9 Å². The number of halogens is 1. The fourth-order valence-electron chi connectivity index (χ4n) is 2.85. The zero-order valence-corrected chi connectivity index (χ0v) is 17.1. The van der Waals surface area contributed by atoms with E-state index in [0.29, 0.717) is 23.5 Å². The van der Waals surface area contributed by atoms with Crippen LogP contribution in [0.2, 0.25) is 5.15 Å². The molecule has 150 valence electrons. The summed E-state index contributed by atoms with van der Waals surface area (Å²) < 4.78 is 6.84. The Bertz CT molecular complexity index is 999. The predicted molar refractivity (Wildman–Crippen MR) is 114 cm³/mol. The first-order valence-electron chi connectivity index (χ1n) is 9.25. The monoisotopic (exact) mass is 411 g/mol. The highest BCUT2D eigenvalue weighted by Gasteiger charge is 2.14. The van der Waals surface area contributed by atoms with Gasteiger partial charge in [0, 0.05) is 18.2 Å². The molecule has 0 aliphatic carbocycles. The first-order valence-corrected chi connectivity index (χ1v) is 9.63. The van der Waals surface area contributed by atoms with Gasteiger partial charge >= 0.3 is 0 Å². The minimum atomic E-state index is 0.315. The summed E-state index contributed by atoms with van der Waals surface area (Å²) in [5, 5.41) is 7.98. The number of carbonyl (C=O) groups is 1. The van der Waals surface area contributed by atoms with Gasteiger partial charge < -0.3 is 10.1 Å². The molecular formula is C21H22ClN5O2. The lowest BCUT2D eigenvalue weighted by Gasteiger charge is -2.10. The average molecular weight is 412 g/mol. The van der Waals surface area contributed by atoms with Crippen LogP contribution in [0.3, 0.4) is 0 Å². The van der Waals surface area contributed by atoms with Crippen molar-refractivity contribution in [1.82, 2.24) is 19.7 Å². The van der Waals surface area contributed by atoms with Gasteiger partial charge in [0.2, 0.25) is 0 Å². The van der Waals surface area contributed by atoms with Crippen LogP contribution in [-0.4, -0.2) is 33.1 Å². The number of benzene rings is 1. The van der Waals surface area contributed by atoms with Crippen molar-refractivity contribution in [3.05, 3.63) is 64.6 Å². The minimum Gasteiger partial charge on any atom is -0.497 e. The molecule has 7 nitrogen and oxygen atoms in total. The summed E-state index contributed by atoms with van der Waals surface area (Å²) in [6.45, 7) is 2.65. The molecule has 2 heterocycles. The van der Waals surface area contributed by atoms with Crippen molar-refractivity contribution in [2.45, 2.75) is 26.3 Å². The number of nitrogens with zero attached hydrogens (tertiary/aromatic N) is 4. The summed E-state index contributed by atoms with van der Waals surface area (Å²) in [6, 6.07) is 9.45. The molecule has 1 N–H and O–H groups in total. The number of aldehydes is 1. The van der Waals surface area contributed by atoms with E-state index in [2.05, 4.69) is 27.3 Å². The average Bonchev–Trinajstić information content (AvgIpc) is 3.13. The van der Waals surface area contributed by atoms with Gasteiger partial charge in [-0.25, -0.2) is 4.68 Å². The number of nitrogens with one attached hydrogen (secondary N) is 1. The Morgan fingerprint density at radius 3 is 2.72 bits per heavy atom. The molecule has 0 aliphatic rings. The van der Waals surface area contributed by atoms with E-state index in [1.165, 1.54) is 6.08 Å². The highest BCUT2D eigenvalue weighted by atomic mass is 35.5. The molecular weight excluding hydrogens is 390 g/mol. The maximum atomic E-state index is 10.7. The van der Waals surface area contributed by atoms with E-state index in [9.17, 15) is 4.79 Å². The number of rotatable bonds is 9. The van der Waals surface area contributed by atoms with Crippen molar-refractivity contribution < 1.29 is 9.53 Å². The van der Waals surface area contributed by atoms with Crippen molar-refractivity contribution in [2.24, 2.45) is 0 Å². The summed E-state index contributed by atoms with van der Waals surface area (Å²) >= 11 is 6.23. The lowest BCUT2D eigenvalue weighted by atomic mass is 10.1. The van der Waals surface area contributed by atoms with E-state index in [1.807, 2.05) is 24.3 Å². The molecule has 2 aromatic heterocycles. The zero-order valence-electron chi connectivity index (χ0n) is 16.3. The minimum absolute atomic E-state index is 0.315. The fraction of sp³-hybridized carbons (Fsp3) is 0.238. The molecule has 0 bridgehead atoms. The Labute approximate surface area is 174 Å². The molecule has 0 saturated carbocycles. The van der Waals surface area contributed by atoms with Gasteiger partial charge in [-0.3, -0.25) is 4.79 Å². The maximum absolute atomic E-state index is 10.7. The fourth-order valence-corrected chi connectivity index (χ4v) is 3.03. The van der Waals surface area contributed by atoms with Gasteiger partial charge in [0.05, 0.1) is 19.0 Å². The van der Waals surface area contributed by atoms with Crippen molar-refractivity contribution in [3.8, 4) is 11.7 Å². The van der Waals surface area contributed by atoms with Gasteiger partial charge in [-0.1, -0.05) is 37.1 Å². The molecule has 3 rings (SSSR count). The number of carbonyl (C=O) groups excluding carboxylic acids is 1. The first kappa shape index (κ1) is 20.5. The zero-order chi connectivity index (χ0) is 20.6. The molecule has 0 spiro atoms. The predicted octanol–water partition coefficient (Wildman–Crippen LogP) is 4.10. The van der Waals surface area contributed by atoms with Crippen molar-refractivity contribution in [3.63, 3.8) is 0 Å². The SMILES string of the molecule is CCCc1c(/C=C/C=O)cnn1-c1nc(Cl)cc(NCc2ccc(OC)cc2)n1. The van der Waals surface area contributed by atoms with E-state index >= 15 is 0 Å². The number of hydrogen-bond donors (Lipinski definition) is 1. The maximum Gasteiger partial charge on any atom is 0.254 e. The van der Waals surface area contributed by atoms with E-state index < -0.39 is 0 Å². The van der Waals surface area contributed by atoms with Crippen LogP contribution in [0.25, 0.3) is 12.0 Å². The van der Waals surface area contributed by atoms with Gasteiger partial charge in [-0.05, 0) is 36.3 Å². The van der Waals surface area contributed by atoms with Crippen molar-refractivity contribution in [2.75, 3.05) is 12.4 Å². The van der Waals surface area contributed by atoms with E-state index in [0.717, 1.165) is 41.7 Å². The third-order valence-corrected chi connectivity index (χ3v) is 4.44. The molecule has 0 amide bonds. The van der Waals surface area contributed by atoms with Crippen LogP contribution >= 0.6 is 11.6 Å². The molecule has 0 radical (unpaired) electrons.